The fourth-order valence-electron chi connectivity index (χ4n) is 3.54. The number of likely N-dealkylation sites (N-methyl/N-ethyl adjacent to an activating group) is 1. The lowest BCUT2D eigenvalue weighted by molar-refractivity contribution is 0.0896. The fraction of sp³-hybridized carbons (Fsp3) is 0.667. The largest absolute Gasteiger partial charge is 0.326 e. The summed E-state index contributed by atoms with van der Waals surface area (Å²) < 4.78 is 0. The summed E-state index contributed by atoms with van der Waals surface area (Å²) in [4.78, 5) is 5.05. The van der Waals surface area contributed by atoms with E-state index < -0.39 is 0 Å². The van der Waals surface area contributed by atoms with Crippen molar-refractivity contribution in [2.45, 2.75) is 51.7 Å². The number of likely N-dealkylation sites (tertiary alicyclic amines) is 1. The van der Waals surface area contributed by atoms with Crippen LogP contribution in [0.4, 0.5) is 0 Å². The first-order valence-corrected chi connectivity index (χ1v) is 8.29. The average molecular weight is 289 g/mol. The standard InChI is InChI=1S/C18H31N3/c1-5-21-12-10-17(11-13-21)20(4)18(15(3)19)16-8-6-14(2)7-9-16/h6-9,15,17-18H,5,10-13,19H2,1-4H3. The molecule has 2 N–H and O–H groups in total. The Balaban J connectivity index is 2.09. The van der Waals surface area contributed by atoms with Gasteiger partial charge < -0.3 is 10.6 Å². The molecule has 0 spiro atoms. The van der Waals surface area contributed by atoms with Crippen molar-refractivity contribution in [2.24, 2.45) is 5.73 Å². The molecule has 2 rings (SSSR count). The first-order chi connectivity index (χ1) is 10.0. The SMILES string of the molecule is CCN1CCC(N(C)C(c2ccc(C)cc2)C(C)N)CC1. The zero-order chi connectivity index (χ0) is 15.4. The summed E-state index contributed by atoms with van der Waals surface area (Å²) in [5.41, 5.74) is 8.97. The summed E-state index contributed by atoms with van der Waals surface area (Å²) in [6, 6.07) is 9.95. The molecule has 1 fully saturated rings. The number of rotatable bonds is 5. The Morgan fingerprint density at radius 2 is 1.81 bits per heavy atom. The van der Waals surface area contributed by atoms with E-state index in [1.54, 1.807) is 0 Å². The van der Waals surface area contributed by atoms with E-state index in [9.17, 15) is 0 Å². The summed E-state index contributed by atoms with van der Waals surface area (Å²) in [6.45, 7) is 10.1. The Morgan fingerprint density at radius 1 is 1.24 bits per heavy atom. The highest BCUT2D eigenvalue weighted by atomic mass is 15.2. The Labute approximate surface area is 130 Å². The second-order valence-electron chi connectivity index (χ2n) is 6.55. The molecule has 1 aromatic carbocycles. The maximum absolute atomic E-state index is 6.32. The van der Waals surface area contributed by atoms with Gasteiger partial charge in [-0.15, -0.1) is 0 Å². The van der Waals surface area contributed by atoms with Crippen molar-refractivity contribution < 1.29 is 0 Å². The van der Waals surface area contributed by atoms with Gasteiger partial charge in [-0.25, -0.2) is 0 Å². The zero-order valence-electron chi connectivity index (χ0n) is 14.0. The predicted octanol–water partition coefficient (Wildman–Crippen LogP) is 2.80. The van der Waals surface area contributed by atoms with Gasteiger partial charge in [-0.2, -0.15) is 0 Å². The highest BCUT2D eigenvalue weighted by molar-refractivity contribution is 5.25. The van der Waals surface area contributed by atoms with Crippen LogP contribution in [0, 0.1) is 6.92 Å². The maximum atomic E-state index is 6.32. The second-order valence-corrected chi connectivity index (χ2v) is 6.55. The van der Waals surface area contributed by atoms with Gasteiger partial charge in [-0.3, -0.25) is 4.90 Å². The lowest BCUT2D eigenvalue weighted by Gasteiger charge is -2.41. The Kier molecular flexibility index (Phi) is 5.80. The smallest absolute Gasteiger partial charge is 0.0496 e. The van der Waals surface area contributed by atoms with E-state index in [1.165, 1.54) is 43.6 Å². The van der Waals surface area contributed by atoms with Crippen molar-refractivity contribution in [3.05, 3.63) is 35.4 Å². The highest BCUT2D eigenvalue weighted by Gasteiger charge is 2.29. The fourth-order valence-corrected chi connectivity index (χ4v) is 3.54. The molecule has 1 saturated heterocycles. The molecule has 0 bridgehead atoms. The molecule has 0 aliphatic carbocycles. The van der Waals surface area contributed by atoms with Crippen LogP contribution >= 0.6 is 0 Å². The van der Waals surface area contributed by atoms with Crippen LogP contribution in [0.1, 0.15) is 43.9 Å². The van der Waals surface area contributed by atoms with Gasteiger partial charge in [0.2, 0.25) is 0 Å². The molecule has 1 aromatic rings. The molecule has 3 heteroatoms. The van der Waals surface area contributed by atoms with Crippen LogP contribution in [0.5, 0.6) is 0 Å². The van der Waals surface area contributed by atoms with Gasteiger partial charge in [0.15, 0.2) is 0 Å². The molecular weight excluding hydrogens is 258 g/mol. The van der Waals surface area contributed by atoms with Crippen LogP contribution in [-0.4, -0.2) is 48.6 Å². The summed E-state index contributed by atoms with van der Waals surface area (Å²) >= 11 is 0. The molecule has 2 unspecified atom stereocenters. The topological polar surface area (TPSA) is 32.5 Å². The zero-order valence-corrected chi connectivity index (χ0v) is 14.0. The van der Waals surface area contributed by atoms with Crippen LogP contribution in [0.15, 0.2) is 24.3 Å². The number of hydrogen-bond acceptors (Lipinski definition) is 3. The van der Waals surface area contributed by atoms with E-state index >= 15 is 0 Å². The van der Waals surface area contributed by atoms with E-state index in [-0.39, 0.29) is 6.04 Å². The van der Waals surface area contributed by atoms with Crippen LogP contribution in [0.25, 0.3) is 0 Å². The minimum Gasteiger partial charge on any atom is -0.326 e. The van der Waals surface area contributed by atoms with Gasteiger partial charge in [-0.1, -0.05) is 36.8 Å². The Hall–Kier alpha value is -0.900. The summed E-state index contributed by atoms with van der Waals surface area (Å²) in [7, 11) is 2.25. The third-order valence-corrected chi connectivity index (χ3v) is 4.94. The predicted molar refractivity (Wildman–Crippen MR) is 90.5 cm³/mol. The van der Waals surface area contributed by atoms with Crippen LogP contribution in [-0.2, 0) is 0 Å². The first-order valence-electron chi connectivity index (χ1n) is 8.29. The molecule has 118 valence electrons. The highest BCUT2D eigenvalue weighted by Crippen LogP contribution is 2.28. The van der Waals surface area contributed by atoms with E-state index in [2.05, 4.69) is 61.9 Å². The van der Waals surface area contributed by atoms with Crippen LogP contribution in [0.3, 0.4) is 0 Å². The number of hydrogen-bond donors (Lipinski definition) is 1. The second kappa shape index (κ2) is 7.39. The normalized spacial score (nSPS) is 20.7. The summed E-state index contributed by atoms with van der Waals surface area (Å²) in [5.74, 6) is 0. The summed E-state index contributed by atoms with van der Waals surface area (Å²) in [5, 5.41) is 0. The van der Waals surface area contributed by atoms with Gasteiger partial charge in [-0.05, 0) is 58.9 Å². The molecule has 3 nitrogen and oxygen atoms in total. The molecule has 0 radical (unpaired) electrons. The molecule has 0 aromatic heterocycles. The van der Waals surface area contributed by atoms with Gasteiger partial charge in [0.05, 0.1) is 0 Å². The molecule has 1 aliphatic heterocycles. The van der Waals surface area contributed by atoms with E-state index in [0.29, 0.717) is 12.1 Å². The van der Waals surface area contributed by atoms with Crippen molar-refractivity contribution in [3.63, 3.8) is 0 Å². The first kappa shape index (κ1) is 16.5. The van der Waals surface area contributed by atoms with E-state index in [0.717, 1.165) is 0 Å². The quantitative estimate of drug-likeness (QED) is 0.904. The van der Waals surface area contributed by atoms with Crippen molar-refractivity contribution in [1.82, 2.24) is 9.80 Å². The average Bonchev–Trinajstić information content (AvgIpc) is 2.49. The molecule has 1 aliphatic rings. The third kappa shape index (κ3) is 4.06. The van der Waals surface area contributed by atoms with Crippen LogP contribution in [0.2, 0.25) is 0 Å². The number of aryl methyl sites for hydroxylation is 1. The van der Waals surface area contributed by atoms with E-state index in [1.807, 2.05) is 0 Å². The molecule has 2 atom stereocenters. The number of benzene rings is 1. The van der Waals surface area contributed by atoms with E-state index in [4.69, 9.17) is 5.73 Å². The maximum Gasteiger partial charge on any atom is 0.0496 e. The van der Waals surface area contributed by atoms with Crippen molar-refractivity contribution in [3.8, 4) is 0 Å². The van der Waals surface area contributed by atoms with Crippen molar-refractivity contribution >= 4 is 0 Å². The summed E-state index contributed by atoms with van der Waals surface area (Å²) in [6.07, 6.45) is 2.50. The molecule has 0 amide bonds. The van der Waals surface area contributed by atoms with Gasteiger partial charge >= 0.3 is 0 Å². The van der Waals surface area contributed by atoms with Crippen molar-refractivity contribution in [2.75, 3.05) is 26.7 Å². The monoisotopic (exact) mass is 289 g/mol. The third-order valence-electron chi connectivity index (χ3n) is 4.94. The van der Waals surface area contributed by atoms with Gasteiger partial charge in [0, 0.05) is 18.1 Å². The van der Waals surface area contributed by atoms with Gasteiger partial charge in [0.1, 0.15) is 0 Å². The lowest BCUT2D eigenvalue weighted by atomic mass is 9.94. The molecule has 21 heavy (non-hydrogen) atoms. The minimum absolute atomic E-state index is 0.141. The minimum atomic E-state index is 0.141. The van der Waals surface area contributed by atoms with Gasteiger partial charge in [0.25, 0.3) is 0 Å². The Bertz CT molecular complexity index is 419. The lowest BCUT2D eigenvalue weighted by Crippen LogP contribution is -2.48. The van der Waals surface area contributed by atoms with Crippen molar-refractivity contribution in [1.29, 1.82) is 0 Å². The number of piperidine rings is 1. The number of nitrogens with two attached hydrogens (primary N) is 1. The molecule has 1 heterocycles. The van der Waals surface area contributed by atoms with Crippen LogP contribution < -0.4 is 5.73 Å². The molecule has 0 saturated carbocycles. The number of nitrogens with zero attached hydrogens (tertiary/aromatic N) is 2. The molecular formula is C18H31N3. The Morgan fingerprint density at radius 3 is 2.29 bits per heavy atom.